The molecule has 4 heavy (non-hydrogen) atoms. The molecule has 0 N–H and O–H groups in total. The zero-order valence-corrected chi connectivity index (χ0v) is 11.0. The molecule has 0 fully saturated rings. The molecule has 4 heteroatoms. The summed E-state index contributed by atoms with van der Waals surface area (Å²) in [5.41, 5.74) is 0. The predicted octanol–water partition coefficient (Wildman–Crippen LogP) is -0.505. The Morgan fingerprint density at radius 2 is 1.00 bits per heavy atom. The largest absolute Gasteiger partial charge is 4.00 e. The fourth-order valence-electron chi connectivity index (χ4n) is 0. The number of hydrogen-bond acceptors (Lipinski definition) is 0. The van der Waals surface area contributed by atoms with Gasteiger partial charge in [0, 0.05) is 0 Å². The molecule has 0 aromatic carbocycles. The van der Waals surface area contributed by atoms with Crippen molar-refractivity contribution in [2.45, 2.75) is 0 Å². The topological polar surface area (TPSA) is 28.5 Å². The number of hydrogen-bond donors (Lipinski definition) is 0. The van der Waals surface area contributed by atoms with E-state index in [1.807, 2.05) is 0 Å². The Morgan fingerprint density at radius 1 is 1.00 bits per heavy atom. The second kappa shape index (κ2) is 16.2. The molecule has 0 saturated heterocycles. The molecule has 0 rings (SSSR count). The van der Waals surface area contributed by atoms with Gasteiger partial charge < -0.3 is 5.48 Å². The van der Waals surface area contributed by atoms with E-state index in [9.17, 15) is 0 Å². The molecule has 0 amide bonds. The van der Waals surface area contributed by atoms with Crippen LogP contribution in [0.1, 0.15) is 0 Å². The Bertz CT molecular complexity index is 8.00. The van der Waals surface area contributed by atoms with Crippen LogP contribution in [0.15, 0.2) is 0 Å². The van der Waals surface area contributed by atoms with Crippen LogP contribution < -0.4 is 0 Å². The first kappa shape index (κ1) is 26.4. The molecule has 1 nitrogen and oxygen atoms in total. The van der Waals surface area contributed by atoms with Crippen molar-refractivity contribution in [1.29, 1.82) is 0 Å². The Balaban J connectivity index is 0. The van der Waals surface area contributed by atoms with Gasteiger partial charge in [0.15, 0.2) is 0 Å². The molecule has 0 aromatic heterocycles. The summed E-state index contributed by atoms with van der Waals surface area (Å²) >= 11 is 0. The third kappa shape index (κ3) is 9.02. The quantitative estimate of drug-likeness (QED) is 0.538. The van der Waals surface area contributed by atoms with Gasteiger partial charge in [0.05, 0.1) is 0 Å². The molecule has 0 aliphatic carbocycles. The average Bonchev–Trinajstić information content (AvgIpc) is 0. The third-order valence-electron chi connectivity index (χ3n) is 0. The van der Waals surface area contributed by atoms with E-state index in [-0.39, 0.29) is 109 Å². The molecule has 0 unspecified atom stereocenters. The summed E-state index contributed by atoms with van der Waals surface area (Å²) in [4.78, 5) is 0. The van der Waals surface area contributed by atoms with Crippen molar-refractivity contribution >= 4 is 48.9 Å². The zero-order chi connectivity index (χ0) is 0. The predicted molar refractivity (Wildman–Crippen MR) is 6.44 cm³/mol. The van der Waals surface area contributed by atoms with E-state index in [1.165, 1.54) is 0 Å². The van der Waals surface area contributed by atoms with Crippen molar-refractivity contribution in [2.75, 3.05) is 0 Å². The molecule has 8 valence electrons. The Kier molecular flexibility index (Phi) is 107. The maximum absolute atomic E-state index is 0. The maximum atomic E-state index is 0. The van der Waals surface area contributed by atoms with E-state index < -0.39 is 0 Å². The summed E-state index contributed by atoms with van der Waals surface area (Å²) in [7, 11) is 0. The molecular weight excluding hydrogens is 290 g/mol. The summed E-state index contributed by atoms with van der Waals surface area (Å²) < 4.78 is 0. The first-order valence-corrected chi connectivity index (χ1v) is 0. The van der Waals surface area contributed by atoms with Gasteiger partial charge in [0.1, 0.15) is 0 Å². The van der Waals surface area contributed by atoms with Crippen LogP contribution in [0.5, 0.6) is 0 Å². The van der Waals surface area contributed by atoms with Crippen LogP contribution in [0.25, 0.3) is 0 Å². The molecule has 0 spiro atoms. The SMILES string of the molecule is [Ba+2].[O-2].[Ti+4].[Y+3]. The minimum absolute atomic E-state index is 0. The van der Waals surface area contributed by atoms with Crippen LogP contribution in [0.4, 0.5) is 0 Å². The van der Waals surface area contributed by atoms with Crippen LogP contribution in [0.3, 0.4) is 0 Å². The first-order chi connectivity index (χ1) is 0. The van der Waals surface area contributed by atoms with Crippen molar-refractivity contribution in [2.24, 2.45) is 0 Å². The molecule has 0 heterocycles. The molecule has 0 aromatic rings. The van der Waals surface area contributed by atoms with Crippen LogP contribution in [0, 0.1) is 0 Å². The Morgan fingerprint density at radius 3 is 1.00 bits per heavy atom. The second-order valence-corrected chi connectivity index (χ2v) is 0. The Labute approximate surface area is 106 Å². The van der Waals surface area contributed by atoms with Crippen LogP contribution in [-0.4, -0.2) is 48.9 Å². The standard InChI is InChI=1S/Ba.O.Ti.Y/q+2;-2;+4;+3. The molecular formula is BaOTiY+7. The van der Waals surface area contributed by atoms with Crippen molar-refractivity contribution < 1.29 is 59.9 Å². The van der Waals surface area contributed by atoms with Crippen molar-refractivity contribution in [3.63, 3.8) is 0 Å². The summed E-state index contributed by atoms with van der Waals surface area (Å²) in [6.45, 7) is 0. The van der Waals surface area contributed by atoms with Crippen LogP contribution >= 0.6 is 0 Å². The summed E-state index contributed by atoms with van der Waals surface area (Å²) in [5, 5.41) is 0. The normalized spacial score (nSPS) is 0. The third-order valence-corrected chi connectivity index (χ3v) is 0. The van der Waals surface area contributed by atoms with E-state index in [4.69, 9.17) is 0 Å². The Hall–Kier alpha value is 3.35. The number of rotatable bonds is 0. The smallest absolute Gasteiger partial charge is 2.00 e. The van der Waals surface area contributed by atoms with Crippen molar-refractivity contribution in [3.05, 3.63) is 0 Å². The maximum Gasteiger partial charge on any atom is 4.00 e. The van der Waals surface area contributed by atoms with Gasteiger partial charge >= 0.3 is 103 Å². The van der Waals surface area contributed by atoms with Gasteiger partial charge in [-0.1, -0.05) is 0 Å². The molecule has 0 bridgehead atoms. The second-order valence-electron chi connectivity index (χ2n) is 0. The van der Waals surface area contributed by atoms with Crippen LogP contribution in [0.2, 0.25) is 0 Å². The van der Waals surface area contributed by atoms with Gasteiger partial charge in [0.2, 0.25) is 0 Å². The van der Waals surface area contributed by atoms with Crippen LogP contribution in [-0.2, 0) is 59.9 Å². The van der Waals surface area contributed by atoms with Crippen molar-refractivity contribution in [1.82, 2.24) is 0 Å². The summed E-state index contributed by atoms with van der Waals surface area (Å²) in [6.07, 6.45) is 0. The fourth-order valence-corrected chi connectivity index (χ4v) is 0. The average molecular weight is 290 g/mol. The first-order valence-electron chi connectivity index (χ1n) is 0. The van der Waals surface area contributed by atoms with Gasteiger partial charge in [-0.25, -0.2) is 0 Å². The monoisotopic (exact) mass is 291 g/mol. The van der Waals surface area contributed by atoms with Crippen molar-refractivity contribution in [3.8, 4) is 0 Å². The molecule has 0 radical (unpaired) electrons. The van der Waals surface area contributed by atoms with Gasteiger partial charge in [-0.2, -0.15) is 0 Å². The fraction of sp³-hybridized carbons (Fsp3) is 0. The zero-order valence-electron chi connectivity index (χ0n) is 2.19. The molecule has 0 saturated carbocycles. The molecule has 0 aliphatic rings. The summed E-state index contributed by atoms with van der Waals surface area (Å²) in [6, 6.07) is 0. The van der Waals surface area contributed by atoms with E-state index in [2.05, 4.69) is 0 Å². The van der Waals surface area contributed by atoms with Gasteiger partial charge in [-0.05, 0) is 0 Å². The minimum Gasteiger partial charge on any atom is -2.00 e. The summed E-state index contributed by atoms with van der Waals surface area (Å²) in [5.74, 6) is 0. The van der Waals surface area contributed by atoms with E-state index >= 15 is 0 Å². The van der Waals surface area contributed by atoms with Gasteiger partial charge in [-0.15, -0.1) is 0 Å². The van der Waals surface area contributed by atoms with Gasteiger partial charge in [-0.3, -0.25) is 0 Å². The van der Waals surface area contributed by atoms with E-state index in [0.29, 0.717) is 0 Å². The molecule has 0 aliphatic heterocycles. The van der Waals surface area contributed by atoms with E-state index in [1.54, 1.807) is 0 Å². The van der Waals surface area contributed by atoms with Gasteiger partial charge in [0.25, 0.3) is 0 Å². The minimum atomic E-state index is 0. The van der Waals surface area contributed by atoms with E-state index in [0.717, 1.165) is 0 Å². The molecule has 0 atom stereocenters.